The quantitative estimate of drug-likeness (QED) is 0.791. The van der Waals surface area contributed by atoms with Crippen LogP contribution in [0.1, 0.15) is 12.5 Å². The first kappa shape index (κ1) is 13.2. The molecule has 2 aliphatic heterocycles. The lowest BCUT2D eigenvalue weighted by Crippen LogP contribution is -2.44. The maximum atomic E-state index is 12.2. The van der Waals surface area contributed by atoms with Crippen LogP contribution in [0.3, 0.4) is 0 Å². The molecule has 20 heavy (non-hydrogen) atoms. The van der Waals surface area contributed by atoms with Crippen molar-refractivity contribution in [1.82, 2.24) is 9.96 Å². The summed E-state index contributed by atoms with van der Waals surface area (Å²) in [6.07, 6.45) is -1.35. The van der Waals surface area contributed by atoms with Crippen molar-refractivity contribution in [3.8, 4) is 0 Å². The van der Waals surface area contributed by atoms with E-state index in [2.05, 4.69) is 0 Å². The first-order valence-corrected chi connectivity index (χ1v) is 6.71. The standard InChI is InChI=1S/C14H17N3O3/c1-2-16-13(18)10-11(14(16)19)20-17(12(10)15)8-9-6-4-3-5-7-9/h3-7,10-12H,2,8,15H2,1H3/t10-,11-,12+/m1/s1. The van der Waals surface area contributed by atoms with Gasteiger partial charge in [-0.15, -0.1) is 0 Å². The first-order chi connectivity index (χ1) is 9.63. The molecule has 0 unspecified atom stereocenters. The number of likely N-dealkylation sites (tertiary alicyclic amines) is 1. The second kappa shape index (κ2) is 4.97. The molecule has 106 valence electrons. The van der Waals surface area contributed by atoms with E-state index in [1.54, 1.807) is 6.92 Å². The van der Waals surface area contributed by atoms with Gasteiger partial charge in [0.25, 0.3) is 5.91 Å². The SMILES string of the molecule is CCN1C(=O)[C@H]2[C@@H](N)N(Cc3ccccc3)O[C@H]2C1=O. The third-order valence-electron chi connectivity index (χ3n) is 3.83. The molecule has 2 N–H and O–H groups in total. The van der Waals surface area contributed by atoms with Crippen molar-refractivity contribution in [2.75, 3.05) is 6.54 Å². The van der Waals surface area contributed by atoms with Gasteiger partial charge in [0.15, 0.2) is 6.10 Å². The van der Waals surface area contributed by atoms with Crippen molar-refractivity contribution >= 4 is 11.8 Å². The molecule has 0 spiro atoms. The summed E-state index contributed by atoms with van der Waals surface area (Å²) in [5.74, 6) is -1.11. The molecule has 2 amide bonds. The summed E-state index contributed by atoms with van der Waals surface area (Å²) in [6.45, 7) is 2.59. The fraction of sp³-hybridized carbons (Fsp3) is 0.429. The van der Waals surface area contributed by atoms with Gasteiger partial charge in [0.1, 0.15) is 5.92 Å². The van der Waals surface area contributed by atoms with Crippen molar-refractivity contribution in [3.63, 3.8) is 0 Å². The Kier molecular flexibility index (Phi) is 3.29. The van der Waals surface area contributed by atoms with Crippen molar-refractivity contribution in [1.29, 1.82) is 0 Å². The van der Waals surface area contributed by atoms with Gasteiger partial charge in [0.2, 0.25) is 5.91 Å². The molecule has 3 atom stereocenters. The Morgan fingerprint density at radius 2 is 1.90 bits per heavy atom. The van der Waals surface area contributed by atoms with Gasteiger partial charge in [0.05, 0.1) is 12.7 Å². The fourth-order valence-corrected chi connectivity index (χ4v) is 2.77. The predicted molar refractivity (Wildman–Crippen MR) is 70.7 cm³/mol. The van der Waals surface area contributed by atoms with Gasteiger partial charge in [-0.05, 0) is 12.5 Å². The highest BCUT2D eigenvalue weighted by molar-refractivity contribution is 6.07. The molecule has 0 saturated carbocycles. The van der Waals surface area contributed by atoms with Crippen LogP contribution in [0.4, 0.5) is 0 Å². The minimum Gasteiger partial charge on any atom is -0.313 e. The van der Waals surface area contributed by atoms with E-state index < -0.39 is 18.2 Å². The molecule has 2 saturated heterocycles. The molecule has 2 fully saturated rings. The second-order valence-corrected chi connectivity index (χ2v) is 5.02. The molecule has 0 radical (unpaired) electrons. The molecule has 0 bridgehead atoms. The van der Waals surface area contributed by atoms with Crippen molar-refractivity contribution < 1.29 is 14.4 Å². The number of amides is 2. The molecule has 0 aromatic heterocycles. The number of benzene rings is 1. The van der Waals surface area contributed by atoms with Gasteiger partial charge < -0.3 is 5.73 Å². The lowest BCUT2D eigenvalue weighted by atomic mass is 10.0. The highest BCUT2D eigenvalue weighted by atomic mass is 16.7. The number of likely N-dealkylation sites (N-methyl/N-ethyl adjacent to an activating group) is 1. The van der Waals surface area contributed by atoms with E-state index in [0.29, 0.717) is 13.1 Å². The average molecular weight is 275 g/mol. The van der Waals surface area contributed by atoms with Gasteiger partial charge in [-0.25, -0.2) is 0 Å². The number of carbonyl (C=O) groups is 2. The Bertz CT molecular complexity index is 534. The van der Waals surface area contributed by atoms with Crippen LogP contribution >= 0.6 is 0 Å². The van der Waals surface area contributed by atoms with E-state index in [9.17, 15) is 9.59 Å². The molecule has 6 nitrogen and oxygen atoms in total. The van der Waals surface area contributed by atoms with Crippen molar-refractivity contribution in [2.24, 2.45) is 11.7 Å². The van der Waals surface area contributed by atoms with Gasteiger partial charge >= 0.3 is 0 Å². The van der Waals surface area contributed by atoms with Crippen LogP contribution in [-0.2, 0) is 21.0 Å². The Labute approximate surface area is 117 Å². The van der Waals surface area contributed by atoms with E-state index in [1.807, 2.05) is 30.3 Å². The molecular weight excluding hydrogens is 258 g/mol. The first-order valence-electron chi connectivity index (χ1n) is 6.71. The molecule has 2 heterocycles. The minimum absolute atomic E-state index is 0.231. The van der Waals surface area contributed by atoms with E-state index in [1.165, 1.54) is 9.96 Å². The Morgan fingerprint density at radius 3 is 2.50 bits per heavy atom. The van der Waals surface area contributed by atoms with Gasteiger partial charge in [-0.2, -0.15) is 5.06 Å². The summed E-state index contributed by atoms with van der Waals surface area (Å²) < 4.78 is 0. The number of rotatable bonds is 3. The molecule has 6 heteroatoms. The van der Waals surface area contributed by atoms with Gasteiger partial charge in [-0.1, -0.05) is 30.3 Å². The predicted octanol–water partition coefficient (Wildman–Crippen LogP) is 0.0921. The number of imide groups is 1. The largest absolute Gasteiger partial charge is 0.313 e. The fourth-order valence-electron chi connectivity index (χ4n) is 2.77. The second-order valence-electron chi connectivity index (χ2n) is 5.02. The van der Waals surface area contributed by atoms with Crippen LogP contribution in [-0.4, -0.2) is 40.6 Å². The summed E-state index contributed by atoms with van der Waals surface area (Å²) in [6, 6.07) is 9.67. The Hall–Kier alpha value is -1.76. The summed E-state index contributed by atoms with van der Waals surface area (Å²) in [5.41, 5.74) is 7.11. The monoisotopic (exact) mass is 275 g/mol. The maximum Gasteiger partial charge on any atom is 0.261 e. The van der Waals surface area contributed by atoms with E-state index in [0.717, 1.165) is 5.56 Å². The topological polar surface area (TPSA) is 75.9 Å². The van der Waals surface area contributed by atoms with Crippen molar-refractivity contribution in [3.05, 3.63) is 35.9 Å². The normalized spacial score (nSPS) is 30.1. The molecule has 3 rings (SSSR count). The van der Waals surface area contributed by atoms with Gasteiger partial charge in [-0.3, -0.25) is 19.3 Å². The molecule has 2 aliphatic rings. The molecular formula is C14H17N3O3. The lowest BCUT2D eigenvalue weighted by molar-refractivity contribution is -0.182. The zero-order chi connectivity index (χ0) is 14.3. The lowest BCUT2D eigenvalue weighted by Gasteiger charge is -2.23. The van der Waals surface area contributed by atoms with Gasteiger partial charge in [0, 0.05) is 6.54 Å². The molecule has 1 aromatic rings. The summed E-state index contributed by atoms with van der Waals surface area (Å²) in [5, 5.41) is 1.54. The zero-order valence-electron chi connectivity index (χ0n) is 11.2. The summed E-state index contributed by atoms with van der Waals surface area (Å²) in [7, 11) is 0. The van der Waals surface area contributed by atoms with E-state index >= 15 is 0 Å². The van der Waals surface area contributed by atoms with Crippen LogP contribution < -0.4 is 5.73 Å². The van der Waals surface area contributed by atoms with Crippen LogP contribution in [0.25, 0.3) is 0 Å². The average Bonchev–Trinajstić information content (AvgIpc) is 2.89. The van der Waals surface area contributed by atoms with Crippen LogP contribution in [0.2, 0.25) is 0 Å². The highest BCUT2D eigenvalue weighted by Gasteiger charge is 2.57. The smallest absolute Gasteiger partial charge is 0.261 e. The van der Waals surface area contributed by atoms with Crippen LogP contribution in [0.15, 0.2) is 30.3 Å². The third-order valence-corrected chi connectivity index (χ3v) is 3.83. The maximum absolute atomic E-state index is 12.2. The number of nitrogens with two attached hydrogens (primary N) is 1. The number of hydroxylamine groups is 2. The summed E-state index contributed by atoms with van der Waals surface area (Å²) >= 11 is 0. The van der Waals surface area contributed by atoms with Crippen LogP contribution in [0, 0.1) is 5.92 Å². The van der Waals surface area contributed by atoms with E-state index in [-0.39, 0.29) is 11.8 Å². The third kappa shape index (κ3) is 1.93. The van der Waals surface area contributed by atoms with E-state index in [4.69, 9.17) is 10.6 Å². The van der Waals surface area contributed by atoms with Crippen LogP contribution in [0.5, 0.6) is 0 Å². The Morgan fingerprint density at radius 1 is 1.20 bits per heavy atom. The van der Waals surface area contributed by atoms with Crippen molar-refractivity contribution in [2.45, 2.75) is 25.7 Å². The number of hydrogen-bond donors (Lipinski definition) is 1. The number of hydrogen-bond acceptors (Lipinski definition) is 5. The minimum atomic E-state index is -0.763. The number of nitrogens with zero attached hydrogens (tertiary/aromatic N) is 2. The highest BCUT2D eigenvalue weighted by Crippen LogP contribution is 2.34. The number of fused-ring (bicyclic) bond motifs is 1. The molecule has 0 aliphatic carbocycles. The summed E-state index contributed by atoms with van der Waals surface area (Å²) in [4.78, 5) is 31.1. The molecule has 1 aromatic carbocycles. The zero-order valence-corrected chi connectivity index (χ0v) is 11.2. The number of carbonyl (C=O) groups excluding carboxylic acids is 2. The Balaban J connectivity index is 1.77.